The number of methoxy groups -OCH3 is 1. The third-order valence-corrected chi connectivity index (χ3v) is 4.80. The molecule has 1 aliphatic heterocycles. The predicted molar refractivity (Wildman–Crippen MR) is 102 cm³/mol. The number of nitro groups is 1. The first-order valence-corrected chi connectivity index (χ1v) is 8.96. The van der Waals surface area contributed by atoms with Gasteiger partial charge in [-0.15, -0.1) is 0 Å². The molecule has 1 N–H and O–H groups in total. The maximum atomic E-state index is 12.6. The summed E-state index contributed by atoms with van der Waals surface area (Å²) in [6.45, 7) is 0.476. The van der Waals surface area contributed by atoms with Gasteiger partial charge in [0.1, 0.15) is 0 Å². The maximum Gasteiger partial charge on any atom is 0.311 e. The third-order valence-electron chi connectivity index (χ3n) is 4.80. The highest BCUT2D eigenvalue weighted by Gasteiger charge is 2.30. The van der Waals surface area contributed by atoms with Crippen LogP contribution in [0.15, 0.2) is 48.5 Å². The van der Waals surface area contributed by atoms with Crippen LogP contribution >= 0.6 is 0 Å². The lowest BCUT2D eigenvalue weighted by Gasteiger charge is -2.25. The number of likely N-dealkylation sites (tertiary alicyclic amines) is 1. The summed E-state index contributed by atoms with van der Waals surface area (Å²) in [5.74, 6) is -0.655. The Morgan fingerprint density at radius 2 is 2.00 bits per heavy atom. The molecule has 1 atom stereocenters. The van der Waals surface area contributed by atoms with E-state index < -0.39 is 10.8 Å². The number of nitro benzene ring substituents is 1. The second-order valence-electron chi connectivity index (χ2n) is 6.48. The van der Waals surface area contributed by atoms with Crippen molar-refractivity contribution < 1.29 is 19.2 Å². The predicted octanol–water partition coefficient (Wildman–Crippen LogP) is 2.70. The number of carbonyl (C=O) groups excluding carboxylic acids is 2. The average Bonchev–Trinajstić information content (AvgIpc) is 3.22. The van der Waals surface area contributed by atoms with Gasteiger partial charge in [-0.2, -0.15) is 0 Å². The van der Waals surface area contributed by atoms with Crippen LogP contribution in [0.4, 0.5) is 5.69 Å². The van der Waals surface area contributed by atoms with Gasteiger partial charge in [-0.1, -0.05) is 30.3 Å². The van der Waals surface area contributed by atoms with Gasteiger partial charge in [0.05, 0.1) is 24.6 Å². The molecule has 0 aromatic heterocycles. The molecule has 0 bridgehead atoms. The topological polar surface area (TPSA) is 102 Å². The molecule has 0 radical (unpaired) electrons. The fourth-order valence-electron chi connectivity index (χ4n) is 3.42. The van der Waals surface area contributed by atoms with Crippen LogP contribution in [0.1, 0.15) is 34.8 Å². The Kier molecular flexibility index (Phi) is 5.88. The molecule has 0 spiro atoms. The normalized spacial score (nSPS) is 15.9. The van der Waals surface area contributed by atoms with E-state index in [1.165, 1.54) is 19.2 Å². The van der Waals surface area contributed by atoms with Crippen molar-refractivity contribution in [3.05, 3.63) is 69.8 Å². The molecule has 2 aromatic rings. The lowest BCUT2D eigenvalue weighted by atomic mass is 10.0. The van der Waals surface area contributed by atoms with Crippen LogP contribution in [0.3, 0.4) is 0 Å². The minimum atomic E-state index is -0.616. The highest BCUT2D eigenvalue weighted by atomic mass is 16.6. The molecule has 8 nitrogen and oxygen atoms in total. The third kappa shape index (κ3) is 4.11. The minimum absolute atomic E-state index is 0.00711. The summed E-state index contributed by atoms with van der Waals surface area (Å²) in [7, 11) is 1.32. The summed E-state index contributed by atoms with van der Waals surface area (Å²) in [4.78, 5) is 37.2. The van der Waals surface area contributed by atoms with E-state index in [4.69, 9.17) is 4.74 Å². The highest BCUT2D eigenvalue weighted by Crippen LogP contribution is 2.31. The van der Waals surface area contributed by atoms with Gasteiger partial charge < -0.3 is 15.0 Å². The van der Waals surface area contributed by atoms with Crippen LogP contribution in [0.5, 0.6) is 5.75 Å². The van der Waals surface area contributed by atoms with Crippen LogP contribution in [-0.4, -0.2) is 41.8 Å². The first-order chi connectivity index (χ1) is 13.5. The van der Waals surface area contributed by atoms with Gasteiger partial charge in [0.2, 0.25) is 5.91 Å². The molecule has 28 heavy (non-hydrogen) atoms. The summed E-state index contributed by atoms with van der Waals surface area (Å²) in [5, 5.41) is 13.7. The average molecular weight is 383 g/mol. The molecule has 146 valence electrons. The molecule has 0 unspecified atom stereocenters. The Morgan fingerprint density at radius 1 is 1.25 bits per heavy atom. The number of hydrogen-bond acceptors (Lipinski definition) is 5. The van der Waals surface area contributed by atoms with Gasteiger partial charge in [-0.25, -0.2) is 0 Å². The Hall–Kier alpha value is -3.42. The van der Waals surface area contributed by atoms with Crippen LogP contribution < -0.4 is 10.1 Å². The summed E-state index contributed by atoms with van der Waals surface area (Å²) >= 11 is 0. The van der Waals surface area contributed by atoms with Gasteiger partial charge in [0, 0.05) is 18.2 Å². The number of nitrogens with zero attached hydrogens (tertiary/aromatic N) is 2. The number of amides is 2. The van der Waals surface area contributed by atoms with Gasteiger partial charge in [-0.3, -0.25) is 19.7 Å². The lowest BCUT2D eigenvalue weighted by Crippen LogP contribution is -2.39. The molecule has 2 amide bonds. The Bertz CT molecular complexity index is 885. The molecule has 1 heterocycles. The Morgan fingerprint density at radius 3 is 2.68 bits per heavy atom. The zero-order valence-electron chi connectivity index (χ0n) is 15.5. The van der Waals surface area contributed by atoms with Crippen LogP contribution in [-0.2, 0) is 4.79 Å². The molecule has 2 aromatic carbocycles. The first kappa shape index (κ1) is 19.3. The fraction of sp³-hybridized carbons (Fsp3) is 0.300. The number of carbonyl (C=O) groups is 2. The molecular weight excluding hydrogens is 362 g/mol. The van der Waals surface area contributed by atoms with Crippen molar-refractivity contribution >= 4 is 17.5 Å². The second-order valence-corrected chi connectivity index (χ2v) is 6.48. The largest absolute Gasteiger partial charge is 0.490 e. The molecule has 8 heteroatoms. The van der Waals surface area contributed by atoms with Crippen LogP contribution in [0, 0.1) is 10.1 Å². The highest BCUT2D eigenvalue weighted by molar-refractivity contribution is 5.97. The van der Waals surface area contributed by atoms with E-state index in [0.29, 0.717) is 6.54 Å². The summed E-state index contributed by atoms with van der Waals surface area (Å²) in [6, 6.07) is 13.7. The molecule has 1 saturated heterocycles. The van der Waals surface area contributed by atoms with E-state index in [0.717, 1.165) is 24.5 Å². The Balaban J connectivity index is 1.65. The van der Waals surface area contributed by atoms with E-state index in [2.05, 4.69) is 5.32 Å². The van der Waals surface area contributed by atoms with Crippen molar-refractivity contribution in [2.75, 3.05) is 20.2 Å². The van der Waals surface area contributed by atoms with Crippen molar-refractivity contribution in [1.29, 1.82) is 0 Å². The van der Waals surface area contributed by atoms with Crippen molar-refractivity contribution in [3.63, 3.8) is 0 Å². The lowest BCUT2D eigenvalue weighted by molar-refractivity contribution is -0.385. The van der Waals surface area contributed by atoms with Crippen LogP contribution in [0.2, 0.25) is 0 Å². The van der Waals surface area contributed by atoms with Gasteiger partial charge in [0.25, 0.3) is 5.91 Å². The minimum Gasteiger partial charge on any atom is -0.490 e. The van der Waals surface area contributed by atoms with E-state index in [1.54, 1.807) is 4.90 Å². The number of benzene rings is 2. The van der Waals surface area contributed by atoms with Crippen molar-refractivity contribution in [1.82, 2.24) is 10.2 Å². The molecule has 0 saturated carbocycles. The maximum absolute atomic E-state index is 12.6. The Labute approximate surface area is 162 Å². The van der Waals surface area contributed by atoms with Crippen molar-refractivity contribution in [3.8, 4) is 5.75 Å². The zero-order chi connectivity index (χ0) is 20.1. The number of hydrogen-bond donors (Lipinski definition) is 1. The van der Waals surface area contributed by atoms with E-state index in [9.17, 15) is 19.7 Å². The zero-order valence-corrected chi connectivity index (χ0v) is 15.5. The molecular formula is C20H21N3O5. The fourth-order valence-corrected chi connectivity index (χ4v) is 3.42. The summed E-state index contributed by atoms with van der Waals surface area (Å²) < 4.78 is 4.93. The van der Waals surface area contributed by atoms with Gasteiger partial charge in [-0.05, 0) is 30.5 Å². The van der Waals surface area contributed by atoms with E-state index in [1.807, 2.05) is 30.3 Å². The number of ether oxygens (including phenoxy) is 1. The van der Waals surface area contributed by atoms with Crippen molar-refractivity contribution in [2.24, 2.45) is 0 Å². The smallest absolute Gasteiger partial charge is 0.311 e. The number of rotatable bonds is 6. The first-order valence-electron chi connectivity index (χ1n) is 8.96. The molecule has 0 aliphatic carbocycles. The monoisotopic (exact) mass is 383 g/mol. The van der Waals surface area contributed by atoms with Crippen molar-refractivity contribution in [2.45, 2.75) is 18.9 Å². The molecule has 1 fully saturated rings. The second kappa shape index (κ2) is 8.51. The van der Waals surface area contributed by atoms with Gasteiger partial charge >= 0.3 is 5.69 Å². The summed E-state index contributed by atoms with van der Waals surface area (Å²) in [5.41, 5.74) is 0.872. The quantitative estimate of drug-likeness (QED) is 0.610. The SMILES string of the molecule is COc1ccc(C(=O)NCC(=O)N2CCC[C@@H]2c2ccccc2)cc1[N+](=O)[O-]. The van der Waals surface area contributed by atoms with Crippen LogP contribution in [0.25, 0.3) is 0 Å². The summed E-state index contributed by atoms with van der Waals surface area (Å²) in [6.07, 6.45) is 1.79. The van der Waals surface area contributed by atoms with E-state index >= 15 is 0 Å². The van der Waals surface area contributed by atoms with Gasteiger partial charge in [0.15, 0.2) is 5.75 Å². The standard InChI is InChI=1S/C20H21N3O5/c1-28-18-10-9-15(12-17(18)23(26)27)20(25)21-13-19(24)22-11-5-8-16(22)14-6-3-2-4-7-14/h2-4,6-7,9-10,12,16H,5,8,11,13H2,1H3,(H,21,25)/t16-/m1/s1. The number of nitrogens with one attached hydrogen (secondary N) is 1. The molecule has 1 aliphatic rings. The van der Waals surface area contributed by atoms with E-state index in [-0.39, 0.29) is 35.5 Å². The molecule has 3 rings (SSSR count).